The number of carbonyl (C=O) groups is 2. The molecule has 0 aromatic rings. The summed E-state index contributed by atoms with van der Waals surface area (Å²) in [6, 6.07) is -0.891. The Balaban J connectivity index is 5.13. The van der Waals surface area contributed by atoms with Crippen LogP contribution in [0, 0.1) is 0 Å². The number of phosphoric acid groups is 1. The first-order valence-corrected chi connectivity index (χ1v) is 34.9. The van der Waals surface area contributed by atoms with Crippen LogP contribution < -0.4 is 10.2 Å². The lowest BCUT2D eigenvalue weighted by Gasteiger charge is -2.30. The number of hydrogen-bond donors (Lipinski definition) is 1. The van der Waals surface area contributed by atoms with Gasteiger partial charge in [-0.25, -0.2) is 0 Å². The molecule has 0 saturated heterocycles. The third-order valence-corrected chi connectivity index (χ3v) is 15.9. The summed E-state index contributed by atoms with van der Waals surface area (Å²) in [6.07, 6.45) is 72.2. The molecule has 0 aliphatic heterocycles. The highest BCUT2D eigenvalue weighted by Crippen LogP contribution is 2.38. The van der Waals surface area contributed by atoms with Crippen molar-refractivity contribution in [3.63, 3.8) is 0 Å². The minimum Gasteiger partial charge on any atom is -0.756 e. The number of carbonyl (C=O) groups excluding carboxylic acids is 2. The van der Waals surface area contributed by atoms with E-state index in [0.717, 1.165) is 77.0 Å². The molecule has 0 aliphatic rings. The van der Waals surface area contributed by atoms with Crippen LogP contribution in [0.25, 0.3) is 0 Å². The monoisotopic (exact) mass is 1120 g/mol. The predicted molar refractivity (Wildman–Crippen MR) is 335 cm³/mol. The molecule has 0 rings (SSSR count). The molecule has 0 aromatic heterocycles. The first kappa shape index (κ1) is 76.0. The van der Waals surface area contributed by atoms with Crippen molar-refractivity contribution in [2.24, 2.45) is 0 Å². The van der Waals surface area contributed by atoms with Crippen LogP contribution in [0.3, 0.4) is 0 Å². The Morgan fingerprint density at radius 1 is 0.449 bits per heavy atom. The molecule has 3 atom stereocenters. The minimum atomic E-state index is -4.70. The van der Waals surface area contributed by atoms with Gasteiger partial charge in [-0.15, -0.1) is 0 Å². The Bertz CT molecular complexity index is 1470. The predicted octanol–water partition coefficient (Wildman–Crippen LogP) is 20.2. The highest BCUT2D eigenvalue weighted by Gasteiger charge is 2.27. The van der Waals surface area contributed by atoms with Crippen LogP contribution in [-0.4, -0.2) is 69.4 Å². The van der Waals surface area contributed by atoms with E-state index in [4.69, 9.17) is 13.8 Å². The average Bonchev–Trinajstić information content (AvgIpc) is 3.40. The van der Waals surface area contributed by atoms with Gasteiger partial charge in [-0.1, -0.05) is 269 Å². The summed E-state index contributed by atoms with van der Waals surface area (Å²) in [5.41, 5.74) is 0. The summed E-state index contributed by atoms with van der Waals surface area (Å²) in [5.74, 6) is -0.539. The highest BCUT2D eigenvalue weighted by molar-refractivity contribution is 7.45. The molecular formula is C68H129N2O7P. The molecule has 0 heterocycles. The summed E-state index contributed by atoms with van der Waals surface area (Å²) in [4.78, 5) is 40.1. The molecule has 0 spiro atoms. The third kappa shape index (κ3) is 58.6. The number of rotatable bonds is 61. The van der Waals surface area contributed by atoms with Crippen molar-refractivity contribution in [3.05, 3.63) is 48.6 Å². The number of unbranched alkanes of at least 4 members (excludes halogenated alkanes) is 39. The fourth-order valence-corrected chi connectivity index (χ4v) is 10.5. The average molecular weight is 1120 g/mol. The van der Waals surface area contributed by atoms with Crippen molar-refractivity contribution in [3.8, 4) is 0 Å². The molecular weight excluding hydrogens is 988 g/mol. The van der Waals surface area contributed by atoms with E-state index < -0.39 is 20.0 Å². The van der Waals surface area contributed by atoms with Crippen LogP contribution in [0.2, 0.25) is 0 Å². The van der Waals surface area contributed by atoms with Crippen LogP contribution in [-0.2, 0) is 27.9 Å². The Hall–Kier alpha value is -2.03. The lowest BCUT2D eigenvalue weighted by atomic mass is 10.0. The molecule has 1 N–H and O–H groups in total. The van der Waals surface area contributed by atoms with Crippen molar-refractivity contribution in [1.82, 2.24) is 5.32 Å². The van der Waals surface area contributed by atoms with E-state index in [0.29, 0.717) is 17.4 Å². The normalized spacial score (nSPS) is 13.9. The number of likely N-dealkylation sites (N-methyl/N-ethyl adjacent to an activating group) is 1. The van der Waals surface area contributed by atoms with E-state index in [1.54, 1.807) is 0 Å². The van der Waals surface area contributed by atoms with Crippen LogP contribution in [0.15, 0.2) is 48.6 Å². The number of esters is 1. The SMILES string of the molecule is CCCCC/C=C\C/C=C\CCCCCCCCCC(=O)OC(/C=C\CCCCCCCCCCCC)C(COP(=O)([O-])OCC[N+](C)(C)C)NC(=O)CCCCCCCCCCCCCCC/C=C/CCCCCCCC. The van der Waals surface area contributed by atoms with E-state index in [1.807, 2.05) is 33.3 Å². The number of quaternary nitrogens is 1. The Kier molecular flexibility index (Phi) is 56.7. The lowest BCUT2D eigenvalue weighted by Crippen LogP contribution is -2.47. The zero-order valence-corrected chi connectivity index (χ0v) is 53.3. The summed E-state index contributed by atoms with van der Waals surface area (Å²) < 4.78 is 30.4. The third-order valence-electron chi connectivity index (χ3n) is 15.0. The minimum absolute atomic E-state index is 0.0228. The summed E-state index contributed by atoms with van der Waals surface area (Å²) >= 11 is 0. The van der Waals surface area contributed by atoms with Gasteiger partial charge >= 0.3 is 5.97 Å². The largest absolute Gasteiger partial charge is 0.756 e. The number of amides is 1. The molecule has 10 heteroatoms. The number of allylic oxidation sites excluding steroid dienone is 7. The second-order valence-electron chi connectivity index (χ2n) is 24.0. The standard InChI is InChI=1S/C68H129N2O7P/c1-7-10-13-16-19-22-25-28-30-32-33-34-35-36-37-39-40-42-45-48-51-54-57-60-67(71)69-65(64-76-78(73,74)75-63-62-70(4,5)6)66(59-56-53-50-47-44-27-24-21-18-15-12-9-3)77-68(72)61-58-55-52-49-46-43-41-38-31-29-26-23-20-17-14-11-8-2/h20,23,28-31,56,59,65-66H,7-19,21-22,24-27,32-55,57-58,60-64H2,1-6H3,(H-,69,71,73,74)/b23-20-,30-28+,31-29-,59-56-. The molecule has 0 fully saturated rings. The maximum atomic E-state index is 13.6. The molecule has 0 aliphatic carbocycles. The number of hydrogen-bond acceptors (Lipinski definition) is 7. The van der Waals surface area contributed by atoms with Crippen LogP contribution in [0.4, 0.5) is 0 Å². The van der Waals surface area contributed by atoms with Gasteiger partial charge in [-0.3, -0.25) is 14.2 Å². The second-order valence-corrected chi connectivity index (χ2v) is 25.4. The van der Waals surface area contributed by atoms with Crippen molar-refractivity contribution in [2.75, 3.05) is 40.9 Å². The molecule has 0 aromatic carbocycles. The summed E-state index contributed by atoms with van der Waals surface area (Å²) in [6.45, 7) is 6.84. The molecule has 0 bridgehead atoms. The van der Waals surface area contributed by atoms with Gasteiger partial charge < -0.3 is 28.5 Å². The smallest absolute Gasteiger partial charge is 0.306 e. The maximum Gasteiger partial charge on any atom is 0.306 e. The van der Waals surface area contributed by atoms with Crippen LogP contribution in [0.1, 0.15) is 323 Å². The maximum absolute atomic E-state index is 13.6. The van der Waals surface area contributed by atoms with Gasteiger partial charge in [0, 0.05) is 12.8 Å². The van der Waals surface area contributed by atoms with E-state index in [-0.39, 0.29) is 31.5 Å². The molecule has 0 radical (unpaired) electrons. The van der Waals surface area contributed by atoms with Gasteiger partial charge in [0.15, 0.2) is 0 Å². The van der Waals surface area contributed by atoms with Gasteiger partial charge in [-0.05, 0) is 89.5 Å². The molecule has 78 heavy (non-hydrogen) atoms. The lowest BCUT2D eigenvalue weighted by molar-refractivity contribution is -0.870. The van der Waals surface area contributed by atoms with Crippen molar-refractivity contribution >= 4 is 19.7 Å². The first-order chi connectivity index (χ1) is 37.9. The van der Waals surface area contributed by atoms with Crippen molar-refractivity contribution < 1.29 is 37.3 Å². The van der Waals surface area contributed by atoms with Crippen molar-refractivity contribution in [2.45, 2.75) is 335 Å². The molecule has 458 valence electrons. The quantitative estimate of drug-likeness (QED) is 0.0212. The fraction of sp³-hybridized carbons (Fsp3) is 0.853. The molecule has 0 saturated carbocycles. The summed E-state index contributed by atoms with van der Waals surface area (Å²) in [7, 11) is 1.19. The van der Waals surface area contributed by atoms with Gasteiger partial charge in [0.05, 0.1) is 33.8 Å². The van der Waals surface area contributed by atoms with Gasteiger partial charge in [-0.2, -0.15) is 0 Å². The number of ether oxygens (including phenoxy) is 1. The second kappa shape index (κ2) is 58.2. The van der Waals surface area contributed by atoms with Gasteiger partial charge in [0.2, 0.25) is 5.91 Å². The Morgan fingerprint density at radius 3 is 1.19 bits per heavy atom. The number of nitrogens with zero attached hydrogens (tertiary/aromatic N) is 1. The van der Waals surface area contributed by atoms with Crippen LogP contribution in [0.5, 0.6) is 0 Å². The molecule has 3 unspecified atom stereocenters. The number of phosphoric ester groups is 1. The highest BCUT2D eigenvalue weighted by atomic mass is 31.2. The first-order valence-electron chi connectivity index (χ1n) is 33.4. The van der Waals surface area contributed by atoms with Gasteiger partial charge in [0.25, 0.3) is 7.82 Å². The topological polar surface area (TPSA) is 114 Å². The van der Waals surface area contributed by atoms with E-state index in [1.165, 1.54) is 212 Å². The Labute approximate surface area is 484 Å². The van der Waals surface area contributed by atoms with Gasteiger partial charge in [0.1, 0.15) is 19.3 Å². The Morgan fingerprint density at radius 2 is 0.782 bits per heavy atom. The van der Waals surface area contributed by atoms with Crippen LogP contribution >= 0.6 is 7.82 Å². The van der Waals surface area contributed by atoms with E-state index in [2.05, 4.69) is 62.5 Å². The summed E-state index contributed by atoms with van der Waals surface area (Å²) in [5, 5.41) is 3.04. The van der Waals surface area contributed by atoms with E-state index in [9.17, 15) is 19.0 Å². The van der Waals surface area contributed by atoms with E-state index >= 15 is 0 Å². The number of nitrogens with one attached hydrogen (secondary N) is 1. The molecule has 9 nitrogen and oxygen atoms in total. The zero-order valence-electron chi connectivity index (χ0n) is 52.4. The zero-order chi connectivity index (χ0) is 57.2. The van der Waals surface area contributed by atoms with Crippen molar-refractivity contribution in [1.29, 1.82) is 0 Å². The molecule has 1 amide bonds. The fourth-order valence-electron chi connectivity index (χ4n) is 9.78.